The summed E-state index contributed by atoms with van der Waals surface area (Å²) in [5.74, 6) is 0.0281. The van der Waals surface area contributed by atoms with E-state index in [1.54, 1.807) is 0 Å². The Morgan fingerprint density at radius 1 is 1.25 bits per heavy atom. The highest BCUT2D eigenvalue weighted by Crippen LogP contribution is 2.69. The van der Waals surface area contributed by atoms with Gasteiger partial charge in [0.15, 0.2) is 11.6 Å². The summed E-state index contributed by atoms with van der Waals surface area (Å²) in [4.78, 5) is 24.7. The molecular weight excluding hydrogens is 356 g/mol. The van der Waals surface area contributed by atoms with Crippen LogP contribution in [0, 0.1) is 40.4 Å². The third-order valence-electron chi connectivity index (χ3n) is 9.36. The first-order valence-electron chi connectivity index (χ1n) is 10.8. The SMILES string of the molecule is CC1C[C@@H]2[C@H](C(O)C[C@@]3(C)[C@H]2CC(C)[C@]3(O)C(=O)CO)[C@@]2(C)CCC(=O)C=C12. The second-order valence-corrected chi connectivity index (χ2v) is 10.6. The quantitative estimate of drug-likeness (QED) is 0.672. The molecule has 3 N–H and O–H groups in total. The van der Waals surface area contributed by atoms with Gasteiger partial charge in [0.1, 0.15) is 12.2 Å². The fourth-order valence-electron chi connectivity index (χ4n) is 8.17. The molecule has 3 fully saturated rings. The van der Waals surface area contributed by atoms with Crippen LogP contribution in [0.4, 0.5) is 0 Å². The van der Waals surface area contributed by atoms with Crippen LogP contribution in [0.25, 0.3) is 0 Å². The summed E-state index contributed by atoms with van der Waals surface area (Å²) in [6.45, 7) is 7.54. The number of allylic oxidation sites excluding steroid dienone is 1. The van der Waals surface area contributed by atoms with Crippen molar-refractivity contribution >= 4 is 11.6 Å². The molecule has 0 amide bonds. The van der Waals surface area contributed by atoms with Crippen LogP contribution in [-0.4, -0.2) is 45.2 Å². The predicted molar refractivity (Wildman–Crippen MR) is 104 cm³/mol. The van der Waals surface area contributed by atoms with E-state index in [0.29, 0.717) is 12.8 Å². The van der Waals surface area contributed by atoms with E-state index >= 15 is 0 Å². The maximum atomic E-state index is 12.6. The highest BCUT2D eigenvalue weighted by Gasteiger charge is 2.70. The van der Waals surface area contributed by atoms with Gasteiger partial charge in [-0.15, -0.1) is 0 Å². The van der Waals surface area contributed by atoms with Crippen LogP contribution in [-0.2, 0) is 9.59 Å². The van der Waals surface area contributed by atoms with Gasteiger partial charge < -0.3 is 15.3 Å². The van der Waals surface area contributed by atoms with Gasteiger partial charge in [-0.3, -0.25) is 9.59 Å². The van der Waals surface area contributed by atoms with Crippen LogP contribution in [0.3, 0.4) is 0 Å². The van der Waals surface area contributed by atoms with Crippen LogP contribution in [0.1, 0.15) is 59.8 Å². The third-order valence-corrected chi connectivity index (χ3v) is 9.36. The molecule has 4 aliphatic carbocycles. The fraction of sp³-hybridized carbons (Fsp3) is 0.826. The van der Waals surface area contributed by atoms with E-state index in [4.69, 9.17) is 0 Å². The Morgan fingerprint density at radius 3 is 2.57 bits per heavy atom. The Morgan fingerprint density at radius 2 is 1.93 bits per heavy atom. The van der Waals surface area contributed by atoms with E-state index in [2.05, 4.69) is 13.8 Å². The lowest BCUT2D eigenvalue weighted by molar-refractivity contribution is -0.189. The van der Waals surface area contributed by atoms with Crippen LogP contribution in [0.2, 0.25) is 0 Å². The molecule has 4 rings (SSSR count). The summed E-state index contributed by atoms with van der Waals surface area (Å²) >= 11 is 0. The van der Waals surface area contributed by atoms with Crippen molar-refractivity contribution < 1.29 is 24.9 Å². The molecule has 0 bridgehead atoms. The smallest absolute Gasteiger partial charge is 0.190 e. The first-order chi connectivity index (χ1) is 13.0. The number of hydrogen-bond acceptors (Lipinski definition) is 5. The first-order valence-corrected chi connectivity index (χ1v) is 10.8. The number of aliphatic hydroxyl groups is 3. The van der Waals surface area contributed by atoms with Gasteiger partial charge in [-0.2, -0.15) is 0 Å². The first kappa shape index (κ1) is 20.2. The standard InChI is InChI=1S/C23H34O5/c1-12-7-15-17-8-13(2)23(28,19(27)11-24)22(17,4)10-18(26)20(15)21(3)6-5-14(25)9-16(12)21/h9,12-13,15,17-18,20,24,26,28H,5-8,10-11H2,1-4H3/t12?,13?,15-,17-,18?,20+,21-,22-,23-/m0/s1. The predicted octanol–water partition coefficient (Wildman–Crippen LogP) is 2.27. The Balaban J connectivity index is 1.80. The second kappa shape index (κ2) is 6.23. The largest absolute Gasteiger partial charge is 0.393 e. The average Bonchev–Trinajstić information content (AvgIpc) is 2.83. The molecule has 4 aliphatic rings. The Hall–Kier alpha value is -1.04. The van der Waals surface area contributed by atoms with Gasteiger partial charge in [-0.25, -0.2) is 0 Å². The topological polar surface area (TPSA) is 94.8 Å². The van der Waals surface area contributed by atoms with Crippen molar-refractivity contribution in [3.63, 3.8) is 0 Å². The number of Topliss-reactive ketones (excluding diaryl/α,β-unsaturated/α-hetero) is 1. The summed E-state index contributed by atoms with van der Waals surface area (Å²) in [6.07, 6.45) is 4.43. The average molecular weight is 391 g/mol. The molecule has 0 heterocycles. The molecule has 3 saturated carbocycles. The van der Waals surface area contributed by atoms with Gasteiger partial charge in [0.25, 0.3) is 0 Å². The van der Waals surface area contributed by atoms with E-state index in [9.17, 15) is 24.9 Å². The summed E-state index contributed by atoms with van der Waals surface area (Å²) in [5.41, 5.74) is -1.36. The van der Waals surface area contributed by atoms with E-state index in [0.717, 1.165) is 19.3 Å². The number of aliphatic hydroxyl groups excluding tert-OH is 2. The highest BCUT2D eigenvalue weighted by molar-refractivity contribution is 5.92. The van der Waals surface area contributed by atoms with Gasteiger partial charge >= 0.3 is 0 Å². The minimum atomic E-state index is -1.60. The number of fused-ring (bicyclic) bond motifs is 5. The van der Waals surface area contributed by atoms with Crippen molar-refractivity contribution in [1.82, 2.24) is 0 Å². The number of carbonyl (C=O) groups is 2. The molecule has 0 saturated heterocycles. The number of rotatable bonds is 2. The van der Waals surface area contributed by atoms with Crippen LogP contribution < -0.4 is 0 Å². The minimum Gasteiger partial charge on any atom is -0.393 e. The summed E-state index contributed by atoms with van der Waals surface area (Å²) in [6, 6.07) is 0. The summed E-state index contributed by atoms with van der Waals surface area (Å²) < 4.78 is 0. The van der Waals surface area contributed by atoms with Crippen molar-refractivity contribution in [2.75, 3.05) is 6.61 Å². The molecule has 0 radical (unpaired) electrons. The zero-order valence-corrected chi connectivity index (χ0v) is 17.4. The lowest BCUT2D eigenvalue weighted by atomic mass is 9.44. The molecule has 3 unspecified atom stereocenters. The van der Waals surface area contributed by atoms with Gasteiger partial charge in [-0.05, 0) is 66.8 Å². The summed E-state index contributed by atoms with van der Waals surface area (Å²) in [7, 11) is 0. The van der Waals surface area contributed by atoms with Gasteiger partial charge in [0, 0.05) is 11.8 Å². The molecule has 9 atom stereocenters. The molecule has 5 heteroatoms. The molecule has 0 aromatic rings. The van der Waals surface area contributed by atoms with Gasteiger partial charge in [-0.1, -0.05) is 33.3 Å². The van der Waals surface area contributed by atoms with Crippen molar-refractivity contribution in [2.45, 2.75) is 71.5 Å². The van der Waals surface area contributed by atoms with Crippen LogP contribution >= 0.6 is 0 Å². The van der Waals surface area contributed by atoms with E-state index in [-0.39, 0.29) is 40.8 Å². The Kier molecular flexibility index (Phi) is 4.50. The zero-order chi connectivity index (χ0) is 20.6. The molecule has 0 aromatic carbocycles. The highest BCUT2D eigenvalue weighted by atomic mass is 16.3. The van der Waals surface area contributed by atoms with E-state index in [1.165, 1.54) is 5.57 Å². The van der Waals surface area contributed by atoms with E-state index < -0.39 is 29.5 Å². The summed E-state index contributed by atoms with van der Waals surface area (Å²) in [5, 5.41) is 32.4. The Bertz CT molecular complexity index is 743. The normalized spacial score (nSPS) is 53.1. The Labute approximate surface area is 167 Å². The van der Waals surface area contributed by atoms with Gasteiger partial charge in [0.2, 0.25) is 0 Å². The van der Waals surface area contributed by atoms with Crippen molar-refractivity contribution in [2.24, 2.45) is 40.4 Å². The lowest BCUT2D eigenvalue weighted by Crippen LogP contribution is -2.63. The van der Waals surface area contributed by atoms with Crippen molar-refractivity contribution in [3.05, 3.63) is 11.6 Å². The maximum absolute atomic E-state index is 12.6. The second-order valence-electron chi connectivity index (χ2n) is 10.6. The maximum Gasteiger partial charge on any atom is 0.190 e. The molecule has 156 valence electrons. The van der Waals surface area contributed by atoms with Crippen LogP contribution in [0.5, 0.6) is 0 Å². The molecule has 5 nitrogen and oxygen atoms in total. The monoisotopic (exact) mass is 390 g/mol. The van der Waals surface area contributed by atoms with Crippen molar-refractivity contribution in [3.8, 4) is 0 Å². The third kappa shape index (κ3) is 2.30. The minimum absolute atomic E-state index is 0.0416. The van der Waals surface area contributed by atoms with E-state index in [1.807, 2.05) is 19.9 Å². The van der Waals surface area contributed by atoms with Gasteiger partial charge in [0.05, 0.1) is 6.10 Å². The van der Waals surface area contributed by atoms with Crippen molar-refractivity contribution in [1.29, 1.82) is 0 Å². The molecular formula is C23H34O5. The zero-order valence-electron chi connectivity index (χ0n) is 17.4. The lowest BCUT2D eigenvalue weighted by Gasteiger charge is -2.61. The number of carbonyl (C=O) groups excluding carboxylic acids is 2. The molecule has 28 heavy (non-hydrogen) atoms. The molecule has 0 spiro atoms. The molecule has 0 aromatic heterocycles. The molecule has 0 aliphatic heterocycles. The number of ketones is 2. The fourth-order valence-corrected chi connectivity index (χ4v) is 8.17. The van der Waals surface area contributed by atoms with Crippen LogP contribution in [0.15, 0.2) is 11.6 Å². The number of hydrogen-bond donors (Lipinski definition) is 3.